The van der Waals surface area contributed by atoms with Crippen LogP contribution >= 0.6 is 23.2 Å². The smallest absolute Gasteiger partial charge is 0.247 e. The number of nitrogens with zero attached hydrogens (tertiary/aromatic N) is 1. The molecular weight excluding hydrogens is 335 g/mol. The van der Waals surface area contributed by atoms with Crippen LogP contribution in [0.25, 0.3) is 0 Å². The molecule has 1 unspecified atom stereocenters. The topological polar surface area (TPSA) is 49.4 Å². The standard InChI is InChI=1S/C17H14Cl2N2O2/c18-11-8-12(19)10-13(9-11)20-17(23)15-6-7-16(22)21(15)14-4-2-1-3-5-14/h1-5,8-10,15H,6-7H2,(H,20,23). The molecule has 2 aromatic carbocycles. The number of nitrogens with one attached hydrogen (secondary N) is 1. The number of benzene rings is 2. The van der Waals surface area contributed by atoms with Crippen LogP contribution in [0.5, 0.6) is 0 Å². The predicted octanol–water partition coefficient (Wildman–Crippen LogP) is 4.13. The van der Waals surface area contributed by atoms with Crippen molar-refractivity contribution < 1.29 is 9.59 Å². The third kappa shape index (κ3) is 3.49. The molecule has 0 bridgehead atoms. The first kappa shape index (κ1) is 15.8. The highest BCUT2D eigenvalue weighted by Gasteiger charge is 2.37. The first-order valence-corrected chi connectivity index (χ1v) is 7.94. The van der Waals surface area contributed by atoms with E-state index in [0.29, 0.717) is 28.6 Å². The Morgan fingerprint density at radius 1 is 1.09 bits per heavy atom. The summed E-state index contributed by atoms with van der Waals surface area (Å²) in [5.74, 6) is -0.307. The lowest BCUT2D eigenvalue weighted by Gasteiger charge is -2.24. The Morgan fingerprint density at radius 2 is 1.74 bits per heavy atom. The Hall–Kier alpha value is -2.04. The van der Waals surface area contributed by atoms with Gasteiger partial charge in [-0.25, -0.2) is 0 Å². The van der Waals surface area contributed by atoms with Gasteiger partial charge in [-0.15, -0.1) is 0 Å². The summed E-state index contributed by atoms with van der Waals surface area (Å²) in [7, 11) is 0. The third-order valence-corrected chi connectivity index (χ3v) is 4.12. The molecule has 0 aromatic heterocycles. The summed E-state index contributed by atoms with van der Waals surface area (Å²) in [6, 6.07) is 13.5. The average molecular weight is 349 g/mol. The zero-order valence-corrected chi connectivity index (χ0v) is 13.6. The van der Waals surface area contributed by atoms with Crippen molar-refractivity contribution in [2.45, 2.75) is 18.9 Å². The Morgan fingerprint density at radius 3 is 2.39 bits per heavy atom. The molecule has 0 spiro atoms. The Bertz CT molecular complexity index is 729. The molecule has 4 nitrogen and oxygen atoms in total. The van der Waals surface area contributed by atoms with Crippen LogP contribution in [0.3, 0.4) is 0 Å². The van der Waals surface area contributed by atoms with Gasteiger partial charge in [0.1, 0.15) is 6.04 Å². The number of hydrogen-bond donors (Lipinski definition) is 1. The van der Waals surface area contributed by atoms with Crippen LogP contribution in [-0.4, -0.2) is 17.9 Å². The molecule has 1 heterocycles. The van der Waals surface area contributed by atoms with Gasteiger partial charge < -0.3 is 5.32 Å². The van der Waals surface area contributed by atoms with Gasteiger partial charge in [0, 0.05) is 27.8 Å². The first-order chi connectivity index (χ1) is 11.0. The number of hydrogen-bond acceptors (Lipinski definition) is 2. The van der Waals surface area contributed by atoms with Gasteiger partial charge in [-0.1, -0.05) is 41.4 Å². The molecule has 6 heteroatoms. The highest BCUT2D eigenvalue weighted by atomic mass is 35.5. The van der Waals surface area contributed by atoms with E-state index in [2.05, 4.69) is 5.32 Å². The molecule has 2 aromatic rings. The molecule has 1 N–H and O–H groups in total. The van der Waals surface area contributed by atoms with Gasteiger partial charge in [0.25, 0.3) is 0 Å². The minimum absolute atomic E-state index is 0.0551. The molecule has 0 saturated carbocycles. The molecule has 1 atom stereocenters. The molecule has 0 radical (unpaired) electrons. The fraction of sp³-hybridized carbons (Fsp3) is 0.176. The van der Waals surface area contributed by atoms with Crippen molar-refractivity contribution in [3.05, 3.63) is 58.6 Å². The second kappa shape index (κ2) is 6.60. The summed E-state index contributed by atoms with van der Waals surface area (Å²) in [6.07, 6.45) is 0.830. The van der Waals surface area contributed by atoms with Crippen molar-refractivity contribution in [3.63, 3.8) is 0 Å². The minimum atomic E-state index is -0.539. The maximum atomic E-state index is 12.6. The van der Waals surface area contributed by atoms with Crippen molar-refractivity contribution >= 4 is 46.4 Å². The summed E-state index contributed by atoms with van der Waals surface area (Å²) in [6.45, 7) is 0. The second-order valence-electron chi connectivity index (χ2n) is 5.30. The Balaban J connectivity index is 1.82. The molecule has 23 heavy (non-hydrogen) atoms. The average Bonchev–Trinajstić information content (AvgIpc) is 2.89. The van der Waals surface area contributed by atoms with Crippen LogP contribution in [0.1, 0.15) is 12.8 Å². The molecular formula is C17H14Cl2N2O2. The summed E-state index contributed by atoms with van der Waals surface area (Å²) in [5.41, 5.74) is 1.24. The molecule has 118 valence electrons. The Labute approximate surface area is 144 Å². The van der Waals surface area contributed by atoms with Gasteiger partial charge in [0.2, 0.25) is 11.8 Å². The van der Waals surface area contributed by atoms with Gasteiger partial charge >= 0.3 is 0 Å². The zero-order chi connectivity index (χ0) is 16.4. The van der Waals surface area contributed by atoms with Gasteiger partial charge in [-0.3, -0.25) is 14.5 Å². The van der Waals surface area contributed by atoms with Crippen LogP contribution < -0.4 is 10.2 Å². The lowest BCUT2D eigenvalue weighted by Crippen LogP contribution is -2.41. The van der Waals surface area contributed by atoms with Crippen LogP contribution in [0.2, 0.25) is 10.0 Å². The van der Waals surface area contributed by atoms with Crippen LogP contribution in [0.4, 0.5) is 11.4 Å². The van der Waals surface area contributed by atoms with Crippen molar-refractivity contribution in [2.24, 2.45) is 0 Å². The molecule has 1 aliphatic heterocycles. The summed E-state index contributed by atoms with van der Waals surface area (Å²) in [5, 5.41) is 3.66. The number of rotatable bonds is 3. The van der Waals surface area contributed by atoms with Crippen LogP contribution in [0.15, 0.2) is 48.5 Å². The SMILES string of the molecule is O=C(Nc1cc(Cl)cc(Cl)c1)C1CCC(=O)N1c1ccccc1. The monoisotopic (exact) mass is 348 g/mol. The predicted molar refractivity (Wildman–Crippen MR) is 92.0 cm³/mol. The second-order valence-corrected chi connectivity index (χ2v) is 6.17. The van der Waals surface area contributed by atoms with Crippen molar-refractivity contribution in [1.82, 2.24) is 0 Å². The van der Waals surface area contributed by atoms with Gasteiger partial charge in [0.05, 0.1) is 0 Å². The van der Waals surface area contributed by atoms with E-state index in [-0.39, 0.29) is 11.8 Å². The van der Waals surface area contributed by atoms with E-state index in [1.807, 2.05) is 30.3 Å². The molecule has 0 aliphatic carbocycles. The number of carbonyl (C=O) groups is 2. The maximum Gasteiger partial charge on any atom is 0.247 e. The number of carbonyl (C=O) groups excluding carboxylic acids is 2. The highest BCUT2D eigenvalue weighted by Crippen LogP contribution is 2.28. The summed E-state index contributed by atoms with van der Waals surface area (Å²) < 4.78 is 0. The van der Waals surface area contributed by atoms with E-state index in [1.165, 1.54) is 0 Å². The van der Waals surface area contributed by atoms with E-state index in [9.17, 15) is 9.59 Å². The lowest BCUT2D eigenvalue weighted by molar-refractivity contribution is -0.120. The number of halogens is 2. The third-order valence-electron chi connectivity index (χ3n) is 3.68. The van der Waals surface area contributed by atoms with Crippen LogP contribution in [0, 0.1) is 0 Å². The fourth-order valence-corrected chi connectivity index (χ4v) is 3.22. The van der Waals surface area contributed by atoms with E-state index in [1.54, 1.807) is 23.1 Å². The molecule has 1 aliphatic rings. The molecule has 2 amide bonds. The fourth-order valence-electron chi connectivity index (χ4n) is 2.70. The molecule has 1 saturated heterocycles. The van der Waals surface area contributed by atoms with Gasteiger partial charge in [-0.2, -0.15) is 0 Å². The van der Waals surface area contributed by atoms with E-state index < -0.39 is 6.04 Å². The van der Waals surface area contributed by atoms with E-state index in [4.69, 9.17) is 23.2 Å². The maximum absolute atomic E-state index is 12.6. The largest absolute Gasteiger partial charge is 0.324 e. The molecule has 3 rings (SSSR count). The lowest BCUT2D eigenvalue weighted by atomic mass is 10.2. The number of anilines is 2. The Kier molecular flexibility index (Phi) is 4.55. The summed E-state index contributed by atoms with van der Waals surface area (Å²) >= 11 is 11.9. The van der Waals surface area contributed by atoms with Crippen molar-refractivity contribution in [1.29, 1.82) is 0 Å². The first-order valence-electron chi connectivity index (χ1n) is 7.18. The number of para-hydroxylation sites is 1. The quantitative estimate of drug-likeness (QED) is 0.906. The normalized spacial score (nSPS) is 17.4. The van der Waals surface area contributed by atoms with Gasteiger partial charge in [0.15, 0.2) is 0 Å². The molecule has 1 fully saturated rings. The number of amides is 2. The summed E-state index contributed by atoms with van der Waals surface area (Å²) in [4.78, 5) is 26.3. The van der Waals surface area contributed by atoms with Crippen molar-refractivity contribution in [2.75, 3.05) is 10.2 Å². The van der Waals surface area contributed by atoms with Crippen LogP contribution in [-0.2, 0) is 9.59 Å². The van der Waals surface area contributed by atoms with E-state index >= 15 is 0 Å². The van der Waals surface area contributed by atoms with Gasteiger partial charge in [-0.05, 0) is 36.8 Å². The minimum Gasteiger partial charge on any atom is -0.324 e. The van der Waals surface area contributed by atoms with E-state index in [0.717, 1.165) is 5.69 Å². The highest BCUT2D eigenvalue weighted by molar-refractivity contribution is 6.35. The zero-order valence-electron chi connectivity index (χ0n) is 12.1. The van der Waals surface area contributed by atoms with Crippen molar-refractivity contribution in [3.8, 4) is 0 Å².